The van der Waals surface area contributed by atoms with E-state index in [4.69, 9.17) is 0 Å². The number of carbonyl (C=O) groups excluding carboxylic acids is 1. The third-order valence-electron chi connectivity index (χ3n) is 6.38. The summed E-state index contributed by atoms with van der Waals surface area (Å²) in [5.74, 6) is -0.544. The molecule has 33 heavy (non-hydrogen) atoms. The first-order valence-electron chi connectivity index (χ1n) is 11.5. The molecule has 172 valence electrons. The molecule has 2 heterocycles. The van der Waals surface area contributed by atoms with E-state index in [0.717, 1.165) is 43.4 Å². The highest BCUT2D eigenvalue weighted by molar-refractivity contribution is 5.91. The number of imidazole rings is 1. The van der Waals surface area contributed by atoms with Crippen LogP contribution in [0, 0.1) is 6.92 Å². The molecule has 0 bridgehead atoms. The molecule has 7 heteroatoms. The van der Waals surface area contributed by atoms with Crippen molar-refractivity contribution in [2.24, 2.45) is 0 Å². The molecule has 3 aromatic rings. The zero-order valence-corrected chi connectivity index (χ0v) is 19.2. The van der Waals surface area contributed by atoms with Crippen molar-refractivity contribution in [3.05, 3.63) is 82.7 Å². The second-order valence-electron chi connectivity index (χ2n) is 8.77. The van der Waals surface area contributed by atoms with Gasteiger partial charge in [-0.15, -0.1) is 0 Å². The van der Waals surface area contributed by atoms with Crippen LogP contribution in [0.1, 0.15) is 65.0 Å². The number of hydrogen-bond donors (Lipinski definition) is 2. The number of carboxylic acid groups (broad SMARTS) is 1. The van der Waals surface area contributed by atoms with Gasteiger partial charge in [0, 0.05) is 18.4 Å². The van der Waals surface area contributed by atoms with E-state index in [1.165, 1.54) is 5.56 Å². The van der Waals surface area contributed by atoms with Crippen LogP contribution in [0.4, 0.5) is 0 Å². The molecule has 1 amide bonds. The molecule has 2 aromatic heterocycles. The minimum absolute atomic E-state index is 0.000333. The minimum atomic E-state index is -1.07. The van der Waals surface area contributed by atoms with Gasteiger partial charge in [-0.25, -0.2) is 9.78 Å². The van der Waals surface area contributed by atoms with Crippen molar-refractivity contribution >= 4 is 11.9 Å². The van der Waals surface area contributed by atoms with E-state index in [-0.39, 0.29) is 18.1 Å². The van der Waals surface area contributed by atoms with Crippen molar-refractivity contribution in [1.82, 2.24) is 19.9 Å². The van der Waals surface area contributed by atoms with Gasteiger partial charge in [0.2, 0.25) is 5.91 Å². The molecule has 7 nitrogen and oxygen atoms in total. The number of pyridine rings is 1. The summed E-state index contributed by atoms with van der Waals surface area (Å²) in [7, 11) is 0. The Bertz CT molecular complexity index is 1120. The molecule has 1 aromatic carbocycles. The Morgan fingerprint density at radius 1 is 1.12 bits per heavy atom. The van der Waals surface area contributed by atoms with Crippen molar-refractivity contribution in [3.8, 4) is 0 Å². The normalized spacial score (nSPS) is 14.1. The quantitative estimate of drug-likeness (QED) is 0.489. The summed E-state index contributed by atoms with van der Waals surface area (Å²) in [6, 6.07) is 14.2. The predicted octanol–water partition coefficient (Wildman–Crippen LogP) is 4.07. The number of carboxylic acids is 1. The van der Waals surface area contributed by atoms with Gasteiger partial charge in [-0.2, -0.15) is 0 Å². The van der Waals surface area contributed by atoms with Crippen LogP contribution in [-0.2, 0) is 29.6 Å². The average Bonchev–Trinajstić information content (AvgIpc) is 3.55. The lowest BCUT2D eigenvalue weighted by molar-refractivity contribution is -0.134. The molecule has 0 saturated heterocycles. The second kappa shape index (κ2) is 9.57. The summed E-state index contributed by atoms with van der Waals surface area (Å²) in [6.45, 7) is 4.57. The Labute approximate surface area is 193 Å². The first-order valence-corrected chi connectivity index (χ1v) is 11.5. The van der Waals surface area contributed by atoms with Gasteiger partial charge in [-0.05, 0) is 56.2 Å². The average molecular weight is 447 g/mol. The maximum Gasteiger partial charge on any atom is 0.356 e. The van der Waals surface area contributed by atoms with E-state index in [2.05, 4.69) is 34.0 Å². The highest BCUT2D eigenvalue weighted by Crippen LogP contribution is 2.49. The molecule has 1 fully saturated rings. The maximum atomic E-state index is 13.8. The van der Waals surface area contributed by atoms with E-state index >= 15 is 0 Å². The van der Waals surface area contributed by atoms with Gasteiger partial charge in [0.25, 0.3) is 0 Å². The van der Waals surface area contributed by atoms with Crippen molar-refractivity contribution in [2.45, 2.75) is 57.9 Å². The molecule has 1 saturated carbocycles. The Morgan fingerprint density at radius 3 is 2.45 bits per heavy atom. The van der Waals surface area contributed by atoms with Gasteiger partial charge in [0.15, 0.2) is 5.69 Å². The fourth-order valence-electron chi connectivity index (χ4n) is 4.28. The van der Waals surface area contributed by atoms with E-state index < -0.39 is 11.4 Å². The summed E-state index contributed by atoms with van der Waals surface area (Å²) in [4.78, 5) is 38.9. The minimum Gasteiger partial charge on any atom is -0.476 e. The van der Waals surface area contributed by atoms with E-state index in [1.807, 2.05) is 41.4 Å². The lowest BCUT2D eigenvalue weighted by Crippen LogP contribution is -2.40. The maximum absolute atomic E-state index is 13.8. The van der Waals surface area contributed by atoms with Crippen molar-refractivity contribution < 1.29 is 14.7 Å². The SMILES string of the molecule is CCc1ccc(C2(C(=O)N(CCCc3ccccc3)Cc3nc(C(=O)O)c(C)[nH]3)CC2)nc1. The molecule has 4 rings (SSSR count). The van der Waals surface area contributed by atoms with Crippen LogP contribution in [0.5, 0.6) is 0 Å². The Hall–Kier alpha value is -3.48. The largest absolute Gasteiger partial charge is 0.476 e. The zero-order valence-electron chi connectivity index (χ0n) is 19.2. The summed E-state index contributed by atoms with van der Waals surface area (Å²) in [6.07, 6.45) is 5.98. The first kappa shape index (κ1) is 22.7. The molecule has 0 spiro atoms. The Balaban J connectivity index is 1.54. The summed E-state index contributed by atoms with van der Waals surface area (Å²) < 4.78 is 0. The lowest BCUT2D eigenvalue weighted by Gasteiger charge is -2.27. The zero-order chi connectivity index (χ0) is 23.4. The van der Waals surface area contributed by atoms with E-state index in [9.17, 15) is 14.7 Å². The lowest BCUT2D eigenvalue weighted by atomic mass is 9.98. The van der Waals surface area contributed by atoms with Gasteiger partial charge >= 0.3 is 5.97 Å². The molecule has 0 unspecified atom stereocenters. The molecule has 1 aliphatic rings. The summed E-state index contributed by atoms with van der Waals surface area (Å²) >= 11 is 0. The molecular weight excluding hydrogens is 416 g/mol. The highest BCUT2D eigenvalue weighted by Gasteiger charge is 2.54. The van der Waals surface area contributed by atoms with Gasteiger partial charge < -0.3 is 15.0 Å². The number of rotatable bonds is 10. The number of aromatic amines is 1. The van der Waals surface area contributed by atoms with Gasteiger partial charge in [0.05, 0.1) is 17.7 Å². The van der Waals surface area contributed by atoms with Crippen LogP contribution in [0.25, 0.3) is 0 Å². The van der Waals surface area contributed by atoms with Crippen LogP contribution in [0.15, 0.2) is 48.7 Å². The summed E-state index contributed by atoms with van der Waals surface area (Å²) in [5.41, 5.74) is 3.10. The van der Waals surface area contributed by atoms with E-state index in [1.54, 1.807) is 6.92 Å². The molecule has 1 aliphatic carbocycles. The number of amides is 1. The van der Waals surface area contributed by atoms with Crippen molar-refractivity contribution in [1.29, 1.82) is 0 Å². The number of hydrogen-bond acceptors (Lipinski definition) is 4. The van der Waals surface area contributed by atoms with Crippen LogP contribution >= 0.6 is 0 Å². The number of nitrogens with one attached hydrogen (secondary N) is 1. The number of aromatic nitrogens is 3. The van der Waals surface area contributed by atoms with Crippen LogP contribution in [0.2, 0.25) is 0 Å². The molecule has 2 N–H and O–H groups in total. The highest BCUT2D eigenvalue weighted by atomic mass is 16.4. The number of carbonyl (C=O) groups is 2. The number of nitrogens with zero attached hydrogens (tertiary/aromatic N) is 3. The van der Waals surface area contributed by atoms with Crippen molar-refractivity contribution in [3.63, 3.8) is 0 Å². The number of benzene rings is 1. The predicted molar refractivity (Wildman–Crippen MR) is 125 cm³/mol. The topological polar surface area (TPSA) is 99.2 Å². The Kier molecular flexibility index (Phi) is 6.58. The number of aryl methyl sites for hydroxylation is 3. The Morgan fingerprint density at radius 2 is 1.88 bits per heavy atom. The van der Waals surface area contributed by atoms with Crippen LogP contribution in [-0.4, -0.2) is 43.4 Å². The first-order chi connectivity index (χ1) is 15.9. The monoisotopic (exact) mass is 446 g/mol. The van der Waals surface area contributed by atoms with Gasteiger partial charge in [-0.1, -0.05) is 43.3 Å². The van der Waals surface area contributed by atoms with Crippen molar-refractivity contribution in [2.75, 3.05) is 6.54 Å². The van der Waals surface area contributed by atoms with E-state index in [0.29, 0.717) is 18.1 Å². The number of aromatic carboxylic acids is 1. The van der Waals surface area contributed by atoms with Crippen LogP contribution < -0.4 is 0 Å². The standard InChI is InChI=1S/C26H30N4O3/c1-3-19-11-12-21(27-16-19)26(13-14-26)25(33)30(15-7-10-20-8-5-4-6-9-20)17-22-28-18(2)23(29-22)24(31)32/h4-6,8-9,11-12,16H,3,7,10,13-15,17H2,1-2H3,(H,28,29)(H,31,32). The summed E-state index contributed by atoms with van der Waals surface area (Å²) in [5, 5.41) is 9.35. The third-order valence-corrected chi connectivity index (χ3v) is 6.38. The molecular formula is C26H30N4O3. The smallest absolute Gasteiger partial charge is 0.356 e. The molecule has 0 aliphatic heterocycles. The third kappa shape index (κ3) is 4.97. The van der Waals surface area contributed by atoms with Crippen LogP contribution in [0.3, 0.4) is 0 Å². The fraction of sp³-hybridized carbons (Fsp3) is 0.385. The van der Waals surface area contributed by atoms with Gasteiger partial charge in [0.1, 0.15) is 5.82 Å². The second-order valence-corrected chi connectivity index (χ2v) is 8.77. The molecule has 0 atom stereocenters. The number of H-pyrrole nitrogens is 1. The molecule has 0 radical (unpaired) electrons. The fourth-order valence-corrected chi connectivity index (χ4v) is 4.28. The van der Waals surface area contributed by atoms with Gasteiger partial charge in [-0.3, -0.25) is 9.78 Å².